The first-order valence-corrected chi connectivity index (χ1v) is 10.6. The second kappa shape index (κ2) is 6.52. The zero-order valence-electron chi connectivity index (χ0n) is 13.7. The highest BCUT2D eigenvalue weighted by molar-refractivity contribution is 7.98. The molecule has 2 aromatic heterocycles. The van der Waals surface area contributed by atoms with Crippen molar-refractivity contribution in [3.8, 4) is 0 Å². The molecule has 1 fully saturated rings. The van der Waals surface area contributed by atoms with Crippen LogP contribution in [0, 0.1) is 5.92 Å². The van der Waals surface area contributed by atoms with Crippen molar-refractivity contribution in [3.05, 3.63) is 10.4 Å². The van der Waals surface area contributed by atoms with Gasteiger partial charge in [-0.25, -0.2) is 9.97 Å². The van der Waals surface area contributed by atoms with E-state index in [0.717, 1.165) is 48.0 Å². The van der Waals surface area contributed by atoms with E-state index in [2.05, 4.69) is 4.90 Å². The van der Waals surface area contributed by atoms with E-state index in [-0.39, 0.29) is 5.92 Å². The number of aryl methyl sites for hydroxylation is 2. The number of aromatic nitrogens is 2. The van der Waals surface area contributed by atoms with Crippen LogP contribution in [-0.4, -0.2) is 40.4 Å². The van der Waals surface area contributed by atoms with Crippen LogP contribution in [0.3, 0.4) is 0 Å². The zero-order valence-corrected chi connectivity index (χ0v) is 15.4. The maximum Gasteiger partial charge on any atom is 0.308 e. The van der Waals surface area contributed by atoms with Crippen molar-refractivity contribution in [2.24, 2.45) is 5.92 Å². The van der Waals surface area contributed by atoms with Crippen molar-refractivity contribution in [3.63, 3.8) is 0 Å². The molecule has 7 heteroatoms. The number of thioether (sulfide) groups is 1. The van der Waals surface area contributed by atoms with Gasteiger partial charge in [-0.3, -0.25) is 4.79 Å². The fourth-order valence-electron chi connectivity index (χ4n) is 3.81. The molecular weight excluding hydrogens is 342 g/mol. The molecule has 1 aliphatic heterocycles. The summed E-state index contributed by atoms with van der Waals surface area (Å²) in [6.07, 6.45) is 8.38. The summed E-state index contributed by atoms with van der Waals surface area (Å²) in [5.41, 5.74) is 1.42. The molecule has 3 heterocycles. The Morgan fingerprint density at radius 1 is 1.29 bits per heavy atom. The minimum absolute atomic E-state index is 0.295. The molecule has 0 spiro atoms. The highest BCUT2D eigenvalue weighted by Gasteiger charge is 2.29. The molecule has 1 saturated heterocycles. The summed E-state index contributed by atoms with van der Waals surface area (Å²) in [5, 5.41) is 11.4. The summed E-state index contributed by atoms with van der Waals surface area (Å²) in [4.78, 5) is 25.7. The Morgan fingerprint density at radius 3 is 2.92 bits per heavy atom. The summed E-state index contributed by atoms with van der Waals surface area (Å²) in [7, 11) is 0. The first-order valence-electron chi connectivity index (χ1n) is 8.51. The number of rotatable bonds is 3. The molecule has 4 rings (SSSR count). The van der Waals surface area contributed by atoms with Gasteiger partial charge in [0.15, 0.2) is 5.16 Å². The molecule has 128 valence electrons. The smallest absolute Gasteiger partial charge is 0.308 e. The van der Waals surface area contributed by atoms with Crippen LogP contribution in [0.2, 0.25) is 0 Å². The van der Waals surface area contributed by atoms with Gasteiger partial charge < -0.3 is 10.0 Å². The molecule has 2 aromatic rings. The number of anilines is 1. The van der Waals surface area contributed by atoms with Crippen LogP contribution >= 0.6 is 23.1 Å². The molecule has 0 bridgehead atoms. The van der Waals surface area contributed by atoms with Crippen molar-refractivity contribution < 1.29 is 9.90 Å². The van der Waals surface area contributed by atoms with Crippen LogP contribution < -0.4 is 4.90 Å². The summed E-state index contributed by atoms with van der Waals surface area (Å²) < 4.78 is 0. The zero-order chi connectivity index (χ0) is 16.7. The number of nitrogens with zero attached hydrogens (tertiary/aromatic N) is 3. The molecule has 1 N–H and O–H groups in total. The average Bonchev–Trinajstić information content (AvgIpc) is 2.99. The number of carboxylic acid groups (broad SMARTS) is 1. The van der Waals surface area contributed by atoms with E-state index in [1.807, 2.05) is 17.6 Å². The van der Waals surface area contributed by atoms with E-state index in [9.17, 15) is 9.90 Å². The Kier molecular flexibility index (Phi) is 4.39. The van der Waals surface area contributed by atoms with E-state index in [4.69, 9.17) is 9.97 Å². The lowest BCUT2D eigenvalue weighted by atomic mass is 9.95. The number of thiophene rings is 1. The largest absolute Gasteiger partial charge is 0.481 e. The van der Waals surface area contributed by atoms with Gasteiger partial charge in [0.05, 0.1) is 11.3 Å². The van der Waals surface area contributed by atoms with Gasteiger partial charge in [-0.15, -0.1) is 11.3 Å². The summed E-state index contributed by atoms with van der Waals surface area (Å²) in [5.74, 6) is -0.0203. The van der Waals surface area contributed by atoms with Gasteiger partial charge in [-0.2, -0.15) is 0 Å². The lowest BCUT2D eigenvalue weighted by Gasteiger charge is -2.32. The SMILES string of the molecule is CSc1nc(N2CCCC(C(=O)O)C2)c2c3c(sc2n1)CCCC3. The third kappa shape index (κ3) is 2.77. The maximum absolute atomic E-state index is 11.4. The van der Waals surface area contributed by atoms with E-state index in [1.165, 1.54) is 28.7 Å². The molecule has 1 unspecified atom stereocenters. The fourth-order valence-corrected chi connectivity index (χ4v) is 5.48. The van der Waals surface area contributed by atoms with Crippen molar-refractivity contribution in [2.45, 2.75) is 43.7 Å². The molecule has 24 heavy (non-hydrogen) atoms. The molecule has 0 amide bonds. The monoisotopic (exact) mass is 363 g/mol. The second-order valence-corrected chi connectivity index (χ2v) is 8.41. The van der Waals surface area contributed by atoms with Crippen LogP contribution in [0.5, 0.6) is 0 Å². The van der Waals surface area contributed by atoms with Gasteiger partial charge >= 0.3 is 5.97 Å². The summed E-state index contributed by atoms with van der Waals surface area (Å²) >= 11 is 3.36. The average molecular weight is 364 g/mol. The maximum atomic E-state index is 11.4. The minimum atomic E-state index is -0.692. The van der Waals surface area contributed by atoms with E-state index in [1.54, 1.807) is 11.8 Å². The van der Waals surface area contributed by atoms with Crippen molar-refractivity contribution >= 4 is 45.1 Å². The third-order valence-corrected chi connectivity index (χ3v) is 6.76. The summed E-state index contributed by atoms with van der Waals surface area (Å²) in [6.45, 7) is 1.44. The number of carboxylic acids is 1. The van der Waals surface area contributed by atoms with Crippen LogP contribution in [0.25, 0.3) is 10.2 Å². The topological polar surface area (TPSA) is 66.3 Å². The standard InChI is InChI=1S/C17H21N3O2S2/c1-23-17-18-14(20-8-4-5-10(9-20)16(21)22)13-11-6-2-3-7-12(11)24-15(13)19-17/h10H,2-9H2,1H3,(H,21,22). The van der Waals surface area contributed by atoms with Gasteiger partial charge in [0, 0.05) is 18.0 Å². The molecule has 1 aliphatic carbocycles. The normalized spacial score (nSPS) is 21.0. The molecular formula is C17H21N3O2S2. The van der Waals surface area contributed by atoms with Gasteiger partial charge in [0.25, 0.3) is 0 Å². The highest BCUT2D eigenvalue weighted by atomic mass is 32.2. The van der Waals surface area contributed by atoms with Crippen LogP contribution in [0.1, 0.15) is 36.1 Å². The quantitative estimate of drug-likeness (QED) is 0.664. The number of fused-ring (bicyclic) bond motifs is 3. The van der Waals surface area contributed by atoms with E-state index < -0.39 is 5.97 Å². The number of aliphatic carboxylic acids is 1. The molecule has 0 aromatic carbocycles. The molecule has 2 aliphatic rings. The first-order chi connectivity index (χ1) is 11.7. The van der Waals surface area contributed by atoms with Gasteiger partial charge in [-0.1, -0.05) is 11.8 Å². The Morgan fingerprint density at radius 2 is 2.12 bits per heavy atom. The van der Waals surface area contributed by atoms with Crippen LogP contribution in [0.15, 0.2) is 5.16 Å². The van der Waals surface area contributed by atoms with Crippen molar-refractivity contribution in [2.75, 3.05) is 24.2 Å². The number of carbonyl (C=O) groups is 1. The van der Waals surface area contributed by atoms with Crippen LogP contribution in [-0.2, 0) is 17.6 Å². The third-order valence-electron chi connectivity index (χ3n) is 5.03. The fraction of sp³-hybridized carbons (Fsp3) is 0.588. The lowest BCUT2D eigenvalue weighted by Crippen LogP contribution is -2.39. The molecule has 5 nitrogen and oxygen atoms in total. The van der Waals surface area contributed by atoms with Gasteiger partial charge in [0.1, 0.15) is 10.6 Å². The van der Waals surface area contributed by atoms with Crippen molar-refractivity contribution in [1.29, 1.82) is 0 Å². The predicted molar refractivity (Wildman–Crippen MR) is 98.4 cm³/mol. The lowest BCUT2D eigenvalue weighted by molar-refractivity contribution is -0.141. The number of piperidine rings is 1. The Hall–Kier alpha value is -1.34. The molecule has 0 radical (unpaired) electrons. The second-order valence-electron chi connectivity index (χ2n) is 6.55. The van der Waals surface area contributed by atoms with Gasteiger partial charge in [0.2, 0.25) is 0 Å². The van der Waals surface area contributed by atoms with E-state index >= 15 is 0 Å². The Bertz CT molecular complexity index is 790. The minimum Gasteiger partial charge on any atom is -0.481 e. The van der Waals surface area contributed by atoms with Crippen LogP contribution in [0.4, 0.5) is 5.82 Å². The first kappa shape index (κ1) is 16.1. The van der Waals surface area contributed by atoms with Crippen molar-refractivity contribution in [1.82, 2.24) is 9.97 Å². The summed E-state index contributed by atoms with van der Waals surface area (Å²) in [6, 6.07) is 0. The highest BCUT2D eigenvalue weighted by Crippen LogP contribution is 2.41. The predicted octanol–water partition coefficient (Wildman–Crippen LogP) is 3.59. The number of hydrogen-bond donors (Lipinski definition) is 1. The van der Waals surface area contributed by atoms with Gasteiger partial charge in [-0.05, 0) is 50.3 Å². The Labute approximate surface area is 149 Å². The Balaban J connectivity index is 1.83. The van der Waals surface area contributed by atoms with E-state index in [0.29, 0.717) is 6.54 Å². The number of hydrogen-bond acceptors (Lipinski definition) is 6. The molecule has 0 saturated carbocycles. The molecule has 1 atom stereocenters.